The summed E-state index contributed by atoms with van der Waals surface area (Å²) >= 11 is 0. The number of carbonyl (C=O) groups is 2. The van der Waals surface area contributed by atoms with Gasteiger partial charge >= 0.3 is 0 Å². The van der Waals surface area contributed by atoms with Gasteiger partial charge in [0, 0.05) is 11.1 Å². The Morgan fingerprint density at radius 1 is 1.12 bits per heavy atom. The molecular formula is C19H21NO4. The summed E-state index contributed by atoms with van der Waals surface area (Å²) in [5, 5.41) is 2.87. The molecule has 0 radical (unpaired) electrons. The van der Waals surface area contributed by atoms with Crippen LogP contribution in [0.2, 0.25) is 0 Å². The Hall–Kier alpha value is -2.82. The van der Waals surface area contributed by atoms with Crippen molar-refractivity contribution >= 4 is 11.7 Å². The van der Waals surface area contributed by atoms with Crippen LogP contribution < -0.4 is 14.8 Å². The van der Waals surface area contributed by atoms with Crippen LogP contribution in [0.1, 0.15) is 35.8 Å². The predicted molar refractivity (Wildman–Crippen MR) is 91.5 cm³/mol. The molecule has 0 aliphatic carbocycles. The van der Waals surface area contributed by atoms with E-state index in [1.54, 1.807) is 31.4 Å². The lowest BCUT2D eigenvalue weighted by Gasteiger charge is -2.17. The Labute approximate surface area is 141 Å². The zero-order valence-corrected chi connectivity index (χ0v) is 14.0. The second kappa shape index (κ2) is 8.15. The van der Waals surface area contributed by atoms with Crippen LogP contribution in [-0.4, -0.2) is 25.4 Å². The van der Waals surface area contributed by atoms with Gasteiger partial charge in [-0.05, 0) is 32.0 Å². The summed E-state index contributed by atoms with van der Waals surface area (Å²) in [4.78, 5) is 23.4. The van der Waals surface area contributed by atoms with Crippen LogP contribution in [0.25, 0.3) is 0 Å². The van der Waals surface area contributed by atoms with Crippen molar-refractivity contribution in [3.05, 3.63) is 59.7 Å². The molecule has 0 saturated heterocycles. The van der Waals surface area contributed by atoms with Gasteiger partial charge in [0.25, 0.3) is 5.91 Å². The predicted octanol–water partition coefficient (Wildman–Crippen LogP) is 3.15. The normalized spacial score (nSPS) is 11.5. The summed E-state index contributed by atoms with van der Waals surface area (Å²) < 4.78 is 10.8. The van der Waals surface area contributed by atoms with Gasteiger partial charge in [0.1, 0.15) is 11.5 Å². The number of rotatable bonds is 7. The number of hydrogen-bond donors (Lipinski definition) is 1. The Balaban J connectivity index is 1.93. The number of carbonyl (C=O) groups excluding carboxylic acids is 2. The summed E-state index contributed by atoms with van der Waals surface area (Å²) in [5.41, 5.74) is 1.45. The minimum absolute atomic E-state index is 0.0466. The molecule has 0 aliphatic rings. The first-order valence-electron chi connectivity index (χ1n) is 7.67. The number of amides is 1. The van der Waals surface area contributed by atoms with E-state index in [1.807, 2.05) is 31.2 Å². The number of ketones is 1. The highest BCUT2D eigenvalue weighted by atomic mass is 16.5. The van der Waals surface area contributed by atoms with Crippen molar-refractivity contribution in [1.29, 1.82) is 0 Å². The monoisotopic (exact) mass is 327 g/mol. The molecule has 1 N–H and O–H groups in total. The summed E-state index contributed by atoms with van der Waals surface area (Å²) in [5.74, 6) is 0.916. The molecule has 0 heterocycles. The first-order valence-corrected chi connectivity index (χ1v) is 7.67. The van der Waals surface area contributed by atoms with Gasteiger partial charge in [-0.15, -0.1) is 0 Å². The minimum atomic E-state index is -0.248. The zero-order chi connectivity index (χ0) is 17.5. The highest BCUT2D eigenvalue weighted by molar-refractivity contribution is 5.94. The molecule has 126 valence electrons. The molecular weight excluding hydrogens is 306 g/mol. The number of para-hydroxylation sites is 1. The fourth-order valence-corrected chi connectivity index (χ4v) is 2.34. The molecule has 1 atom stereocenters. The Bertz CT molecular complexity index is 727. The number of methoxy groups -OCH3 is 1. The standard InChI is InChI=1S/C19H21NO4/c1-13(17-9-4-5-10-18(17)23-3)20-19(22)12-24-16-8-6-7-15(11-16)14(2)21/h4-11,13H,12H2,1-3H3,(H,20,22). The summed E-state index contributed by atoms with van der Waals surface area (Å²) in [6.07, 6.45) is 0. The highest BCUT2D eigenvalue weighted by Gasteiger charge is 2.14. The number of benzene rings is 2. The molecule has 0 aliphatic heterocycles. The van der Waals surface area contributed by atoms with E-state index in [9.17, 15) is 9.59 Å². The van der Waals surface area contributed by atoms with Crippen LogP contribution in [-0.2, 0) is 4.79 Å². The smallest absolute Gasteiger partial charge is 0.258 e. The van der Waals surface area contributed by atoms with Crippen LogP contribution in [0.3, 0.4) is 0 Å². The van der Waals surface area contributed by atoms with E-state index in [2.05, 4.69) is 5.32 Å². The molecule has 5 nitrogen and oxygen atoms in total. The topological polar surface area (TPSA) is 64.6 Å². The van der Waals surface area contributed by atoms with Crippen molar-refractivity contribution in [1.82, 2.24) is 5.32 Å². The molecule has 2 rings (SSSR count). The van der Waals surface area contributed by atoms with Crippen molar-refractivity contribution in [2.75, 3.05) is 13.7 Å². The average molecular weight is 327 g/mol. The van der Waals surface area contributed by atoms with Gasteiger partial charge in [0.2, 0.25) is 0 Å². The van der Waals surface area contributed by atoms with Gasteiger partial charge in [0.05, 0.1) is 13.2 Å². The molecule has 24 heavy (non-hydrogen) atoms. The van der Waals surface area contributed by atoms with Gasteiger partial charge < -0.3 is 14.8 Å². The number of Topliss-reactive ketones (excluding diaryl/α,β-unsaturated/α-hetero) is 1. The van der Waals surface area contributed by atoms with Crippen LogP contribution in [0.4, 0.5) is 0 Å². The highest BCUT2D eigenvalue weighted by Crippen LogP contribution is 2.24. The zero-order valence-electron chi connectivity index (χ0n) is 14.0. The van der Waals surface area contributed by atoms with Gasteiger partial charge in [-0.2, -0.15) is 0 Å². The summed E-state index contributed by atoms with van der Waals surface area (Å²) in [7, 11) is 1.60. The van der Waals surface area contributed by atoms with Gasteiger partial charge in [0.15, 0.2) is 12.4 Å². The lowest BCUT2D eigenvalue weighted by Crippen LogP contribution is -2.31. The fourth-order valence-electron chi connectivity index (χ4n) is 2.34. The first-order chi connectivity index (χ1) is 11.5. The largest absolute Gasteiger partial charge is 0.496 e. The van der Waals surface area contributed by atoms with Crippen LogP contribution >= 0.6 is 0 Å². The molecule has 0 saturated carbocycles. The molecule has 1 unspecified atom stereocenters. The Morgan fingerprint density at radius 3 is 2.58 bits per heavy atom. The molecule has 0 bridgehead atoms. The van der Waals surface area contributed by atoms with Crippen molar-refractivity contribution in [3.63, 3.8) is 0 Å². The van der Waals surface area contributed by atoms with Gasteiger partial charge in [-0.3, -0.25) is 9.59 Å². The maximum absolute atomic E-state index is 12.1. The van der Waals surface area contributed by atoms with Gasteiger partial charge in [-0.25, -0.2) is 0 Å². The van der Waals surface area contributed by atoms with E-state index in [0.29, 0.717) is 11.3 Å². The molecule has 2 aromatic carbocycles. The van der Waals surface area contributed by atoms with Crippen molar-refractivity contribution < 1.29 is 19.1 Å². The molecule has 0 fully saturated rings. The fraction of sp³-hybridized carbons (Fsp3) is 0.263. The first kappa shape index (κ1) is 17.5. The van der Waals surface area contributed by atoms with E-state index in [0.717, 1.165) is 11.3 Å². The van der Waals surface area contributed by atoms with E-state index in [1.165, 1.54) is 6.92 Å². The minimum Gasteiger partial charge on any atom is -0.496 e. The molecule has 5 heteroatoms. The third-order valence-corrected chi connectivity index (χ3v) is 3.59. The number of hydrogen-bond acceptors (Lipinski definition) is 4. The van der Waals surface area contributed by atoms with E-state index in [-0.39, 0.29) is 24.3 Å². The molecule has 2 aromatic rings. The van der Waals surface area contributed by atoms with Crippen LogP contribution in [0, 0.1) is 0 Å². The maximum atomic E-state index is 12.1. The molecule has 0 aromatic heterocycles. The van der Waals surface area contributed by atoms with Crippen molar-refractivity contribution in [2.24, 2.45) is 0 Å². The van der Waals surface area contributed by atoms with E-state index in [4.69, 9.17) is 9.47 Å². The van der Waals surface area contributed by atoms with E-state index < -0.39 is 0 Å². The number of nitrogens with one attached hydrogen (secondary N) is 1. The maximum Gasteiger partial charge on any atom is 0.258 e. The second-order valence-corrected chi connectivity index (χ2v) is 5.40. The quantitative estimate of drug-likeness (QED) is 0.794. The van der Waals surface area contributed by atoms with Gasteiger partial charge in [-0.1, -0.05) is 30.3 Å². The van der Waals surface area contributed by atoms with Crippen molar-refractivity contribution in [3.8, 4) is 11.5 Å². The Morgan fingerprint density at radius 2 is 1.88 bits per heavy atom. The third-order valence-electron chi connectivity index (χ3n) is 3.59. The summed E-state index contributed by atoms with van der Waals surface area (Å²) in [6.45, 7) is 3.24. The van der Waals surface area contributed by atoms with Crippen LogP contribution in [0.5, 0.6) is 11.5 Å². The third kappa shape index (κ3) is 4.59. The van der Waals surface area contributed by atoms with Crippen LogP contribution in [0.15, 0.2) is 48.5 Å². The average Bonchev–Trinajstić information content (AvgIpc) is 2.60. The van der Waals surface area contributed by atoms with Crippen molar-refractivity contribution in [2.45, 2.75) is 19.9 Å². The lowest BCUT2D eigenvalue weighted by molar-refractivity contribution is -0.123. The molecule has 1 amide bonds. The lowest BCUT2D eigenvalue weighted by atomic mass is 10.1. The number of ether oxygens (including phenoxy) is 2. The second-order valence-electron chi connectivity index (χ2n) is 5.40. The molecule has 0 spiro atoms. The van der Waals surface area contributed by atoms with E-state index >= 15 is 0 Å². The Kier molecular flexibility index (Phi) is 5.95. The SMILES string of the molecule is COc1ccccc1C(C)NC(=O)COc1cccc(C(C)=O)c1. The summed E-state index contributed by atoms with van der Waals surface area (Å²) in [6, 6.07) is 14.1.